The molecule has 27 heteroatoms. The van der Waals surface area contributed by atoms with E-state index in [4.69, 9.17) is 16.2 Å². The number of unbranched alkanes of at least 4 members (excludes halogenated alkanes) is 3. The van der Waals surface area contributed by atoms with Crippen LogP contribution in [0.1, 0.15) is 50.2 Å². The van der Waals surface area contributed by atoms with E-state index >= 15 is 0 Å². The molecule has 1 unspecified atom stereocenters. The second-order valence-corrected chi connectivity index (χ2v) is 12.3. The van der Waals surface area contributed by atoms with Crippen LogP contribution < -0.4 is 27.4 Å². The molecule has 0 aliphatic carbocycles. The maximum Gasteiger partial charge on any atom is 0.408 e. The molecule has 0 bridgehead atoms. The van der Waals surface area contributed by atoms with Crippen molar-refractivity contribution in [3.63, 3.8) is 0 Å². The highest BCUT2D eigenvalue weighted by atomic mass is 19.4. The number of aryl methyl sites for hydroxylation is 2. The van der Waals surface area contributed by atoms with Crippen molar-refractivity contribution in [2.75, 3.05) is 43.4 Å². The number of aliphatic imine (C=N–C) groups is 2. The molecule has 15 nitrogen and oxygen atoms in total. The van der Waals surface area contributed by atoms with Gasteiger partial charge in [-0.05, 0) is 44.2 Å². The van der Waals surface area contributed by atoms with Crippen LogP contribution in [0.25, 0.3) is 0 Å². The second kappa shape index (κ2) is 23.2. The van der Waals surface area contributed by atoms with E-state index in [-0.39, 0.29) is 68.2 Å². The van der Waals surface area contributed by atoms with E-state index in [1.54, 1.807) is 0 Å². The highest BCUT2D eigenvalue weighted by Crippen LogP contribution is 2.19. The van der Waals surface area contributed by atoms with Gasteiger partial charge in [-0.1, -0.05) is 6.42 Å². The highest BCUT2D eigenvalue weighted by molar-refractivity contribution is 5.94. The zero-order chi connectivity index (χ0) is 44.3. The van der Waals surface area contributed by atoms with Gasteiger partial charge in [-0.2, -0.15) is 52.7 Å². The maximum absolute atomic E-state index is 13.3. The van der Waals surface area contributed by atoms with Crippen LogP contribution in [-0.2, 0) is 27.2 Å². The Morgan fingerprint density at radius 1 is 0.712 bits per heavy atom. The summed E-state index contributed by atoms with van der Waals surface area (Å²) < 4.78 is 158. The number of amides is 1. The summed E-state index contributed by atoms with van der Waals surface area (Å²) in [6.45, 7) is -6.72. The highest BCUT2D eigenvalue weighted by Gasteiger charge is 2.33. The molecule has 2 rings (SSSR count). The molecule has 0 spiro atoms. The van der Waals surface area contributed by atoms with Gasteiger partial charge in [-0.3, -0.25) is 10.1 Å². The number of guanidine groups is 2. The number of halogens is 12. The van der Waals surface area contributed by atoms with Crippen molar-refractivity contribution in [3.05, 3.63) is 48.3 Å². The summed E-state index contributed by atoms with van der Waals surface area (Å²) in [6, 6.07) is 2.61. The van der Waals surface area contributed by atoms with E-state index in [0.717, 1.165) is 0 Å². The molecule has 0 saturated heterocycles. The van der Waals surface area contributed by atoms with Gasteiger partial charge in [0.05, 0.1) is 6.54 Å². The standard InChI is InChI=1S/C32H40F12N12O3/c33-29(34,35)16-49-24(8-4-3-7-21-48-14-12-23(53-21)55-28(46)51-18-31(39,40)41)59-26(58)10-9-25(57)56(19-32(42,43)44)15-5-1-2-6-20-47-13-11-22(52-20)54-27(45)50-17-30(36,37)38/h9-14,24,49H,1-8,15-19H2,(H3,45,47,50,52,54)(H3,46,48,51,53,55)/b10-9-. The van der Waals surface area contributed by atoms with Crippen LogP contribution in [0.5, 0.6) is 0 Å². The largest absolute Gasteiger partial charge is 0.443 e. The lowest BCUT2D eigenvalue weighted by molar-refractivity contribution is -0.158. The minimum Gasteiger partial charge on any atom is -0.443 e. The van der Waals surface area contributed by atoms with Crippen molar-refractivity contribution in [2.24, 2.45) is 21.5 Å². The van der Waals surface area contributed by atoms with Crippen LogP contribution in [0, 0.1) is 0 Å². The van der Waals surface area contributed by atoms with Crippen LogP contribution in [0.2, 0.25) is 0 Å². The summed E-state index contributed by atoms with van der Waals surface area (Å²) in [5.41, 5.74) is 10.8. The first-order valence-electron chi connectivity index (χ1n) is 17.3. The molecule has 0 aliphatic heterocycles. The lowest BCUT2D eigenvalue weighted by Gasteiger charge is -2.23. The normalized spacial score (nSPS) is 13.7. The van der Waals surface area contributed by atoms with Gasteiger partial charge in [0.1, 0.15) is 42.9 Å². The minimum absolute atomic E-state index is 0.0165. The van der Waals surface area contributed by atoms with E-state index < -0.39 is 87.5 Å². The SMILES string of the molecule is NC(=NCC(F)(F)F)Nc1ccnc(CCCCCN(CC(F)(F)F)C(=O)/C=C\C(=O)OC(CCCCc2nccc(NC(N)=NCC(F)(F)F)n2)NCC(F)(F)F)n1. The van der Waals surface area contributed by atoms with E-state index in [0.29, 0.717) is 23.5 Å². The lowest BCUT2D eigenvalue weighted by Crippen LogP contribution is -2.40. The zero-order valence-corrected chi connectivity index (χ0v) is 30.8. The molecule has 2 aromatic heterocycles. The number of esters is 1. The van der Waals surface area contributed by atoms with E-state index in [1.807, 2.05) is 5.32 Å². The number of nitrogens with zero attached hydrogens (tertiary/aromatic N) is 7. The molecular weight excluding hydrogens is 828 g/mol. The topological polar surface area (TPSA) is 211 Å². The van der Waals surface area contributed by atoms with Crippen LogP contribution in [0.3, 0.4) is 0 Å². The Bertz CT molecular complexity index is 1720. The predicted octanol–water partition coefficient (Wildman–Crippen LogP) is 4.94. The van der Waals surface area contributed by atoms with Gasteiger partial charge in [0.15, 0.2) is 18.1 Å². The number of alkyl halides is 12. The Morgan fingerprint density at radius 2 is 1.22 bits per heavy atom. The van der Waals surface area contributed by atoms with Crippen molar-refractivity contribution in [2.45, 2.75) is 82.3 Å². The number of rotatable bonds is 21. The number of ether oxygens (including phenoxy) is 1. The average Bonchev–Trinajstić information content (AvgIpc) is 3.11. The van der Waals surface area contributed by atoms with Crippen LogP contribution in [0.15, 0.2) is 46.7 Å². The lowest BCUT2D eigenvalue weighted by atomic mass is 10.1. The molecule has 1 atom stereocenters. The summed E-state index contributed by atoms with van der Waals surface area (Å²) in [5.74, 6) is -3.22. The first-order chi connectivity index (χ1) is 27.4. The van der Waals surface area contributed by atoms with Gasteiger partial charge in [0.25, 0.3) is 0 Å². The molecule has 0 radical (unpaired) electrons. The van der Waals surface area contributed by atoms with Crippen molar-refractivity contribution < 1.29 is 67.0 Å². The van der Waals surface area contributed by atoms with Gasteiger partial charge in [-0.15, -0.1) is 0 Å². The third-order valence-electron chi connectivity index (χ3n) is 7.06. The summed E-state index contributed by atoms with van der Waals surface area (Å²) in [5, 5.41) is 6.75. The Balaban J connectivity index is 1.92. The van der Waals surface area contributed by atoms with Crippen LogP contribution in [0.4, 0.5) is 64.3 Å². The number of hydrogen-bond acceptors (Lipinski definition) is 10. The average molecular weight is 869 g/mol. The van der Waals surface area contributed by atoms with Crippen molar-refractivity contribution >= 4 is 35.4 Å². The van der Waals surface area contributed by atoms with Gasteiger partial charge < -0.3 is 31.7 Å². The first kappa shape index (κ1) is 49.6. The summed E-state index contributed by atoms with van der Waals surface area (Å²) in [7, 11) is 0. The molecule has 0 aromatic carbocycles. The monoisotopic (exact) mass is 868 g/mol. The number of anilines is 2. The summed E-state index contributed by atoms with van der Waals surface area (Å²) >= 11 is 0. The van der Waals surface area contributed by atoms with Gasteiger partial charge in [-0.25, -0.2) is 34.7 Å². The van der Waals surface area contributed by atoms with Gasteiger partial charge in [0.2, 0.25) is 5.91 Å². The third kappa shape index (κ3) is 24.8. The molecular formula is C32H40F12N12O3. The Labute approximate surface area is 328 Å². The smallest absolute Gasteiger partial charge is 0.408 e. The summed E-state index contributed by atoms with van der Waals surface area (Å²) in [6.07, 6.45) is -15.6. The number of aromatic nitrogens is 4. The van der Waals surface area contributed by atoms with E-state index in [9.17, 15) is 62.3 Å². The quantitative estimate of drug-likeness (QED) is 0.0215. The second-order valence-electron chi connectivity index (χ2n) is 12.3. The molecule has 2 aromatic rings. The van der Waals surface area contributed by atoms with Gasteiger partial charge in [0, 0.05) is 43.9 Å². The van der Waals surface area contributed by atoms with Crippen molar-refractivity contribution in [3.8, 4) is 0 Å². The maximum atomic E-state index is 13.3. The first-order valence-corrected chi connectivity index (χ1v) is 17.3. The molecule has 0 aliphatic rings. The molecule has 1 amide bonds. The number of nitrogens with one attached hydrogen (secondary N) is 3. The molecule has 59 heavy (non-hydrogen) atoms. The third-order valence-corrected chi connectivity index (χ3v) is 7.06. The fourth-order valence-electron chi connectivity index (χ4n) is 4.58. The number of hydrogen-bond donors (Lipinski definition) is 5. The van der Waals surface area contributed by atoms with E-state index in [2.05, 4.69) is 40.6 Å². The molecule has 0 fully saturated rings. The van der Waals surface area contributed by atoms with Crippen LogP contribution >= 0.6 is 0 Å². The predicted molar refractivity (Wildman–Crippen MR) is 187 cm³/mol. The fourth-order valence-corrected chi connectivity index (χ4v) is 4.58. The molecule has 0 saturated carbocycles. The van der Waals surface area contributed by atoms with Crippen LogP contribution in [-0.4, -0.2) is 112 Å². The number of carbonyl (C=O) groups is 2. The van der Waals surface area contributed by atoms with E-state index in [1.165, 1.54) is 24.5 Å². The number of carbonyl (C=O) groups excluding carboxylic acids is 2. The van der Waals surface area contributed by atoms with Gasteiger partial charge >= 0.3 is 30.7 Å². The Kier molecular flexibility index (Phi) is 19.5. The van der Waals surface area contributed by atoms with Crippen molar-refractivity contribution in [1.82, 2.24) is 30.2 Å². The van der Waals surface area contributed by atoms with Crippen molar-refractivity contribution in [1.29, 1.82) is 0 Å². The number of nitrogens with two attached hydrogens (primary N) is 2. The minimum atomic E-state index is -4.83. The molecule has 330 valence electrons. The zero-order valence-electron chi connectivity index (χ0n) is 30.8. The summed E-state index contributed by atoms with van der Waals surface area (Å²) in [4.78, 5) is 47.9. The Morgan fingerprint density at radius 3 is 1.69 bits per heavy atom. The molecule has 7 N–H and O–H groups in total. The molecule has 2 heterocycles. The Hall–Kier alpha value is -5.50. The fraction of sp³-hybridized carbons (Fsp3) is 0.562.